The Labute approximate surface area is 127 Å². The molecule has 21 heavy (non-hydrogen) atoms. The first kappa shape index (κ1) is 12.4. The molecule has 0 heterocycles. The summed E-state index contributed by atoms with van der Waals surface area (Å²) in [6.07, 6.45) is 9.99. The highest BCUT2D eigenvalue weighted by molar-refractivity contribution is 5.88. The number of rotatable bonds is 2. The van der Waals surface area contributed by atoms with Crippen LogP contribution in [0.25, 0.3) is 0 Å². The number of Topliss-reactive ketones (excluding diaryl/α,β-unsaturated/α-hetero) is 1. The third kappa shape index (κ3) is 1.79. The molecule has 5 aliphatic rings. The van der Waals surface area contributed by atoms with Crippen molar-refractivity contribution in [3.05, 3.63) is 35.4 Å². The van der Waals surface area contributed by atoms with E-state index >= 15 is 0 Å². The maximum atomic E-state index is 13.4. The van der Waals surface area contributed by atoms with E-state index in [1.165, 1.54) is 49.7 Å². The Hall–Kier alpha value is -1.11. The Morgan fingerprint density at radius 3 is 1.81 bits per heavy atom. The average molecular weight is 280 g/mol. The first-order valence-electron chi connectivity index (χ1n) is 8.83. The Bertz CT molecular complexity index is 539. The number of ketones is 1. The zero-order chi connectivity index (χ0) is 14.0. The summed E-state index contributed by atoms with van der Waals surface area (Å²) in [7, 11) is 0. The summed E-state index contributed by atoms with van der Waals surface area (Å²) in [6.45, 7) is 0. The monoisotopic (exact) mass is 280 g/mol. The van der Waals surface area contributed by atoms with E-state index in [1.54, 1.807) is 0 Å². The summed E-state index contributed by atoms with van der Waals surface area (Å²) in [4.78, 5) is 13.4. The summed E-state index contributed by atoms with van der Waals surface area (Å²) in [6, 6.07) is 8.69. The van der Waals surface area contributed by atoms with Gasteiger partial charge in [0.25, 0.3) is 0 Å². The highest BCUT2D eigenvalue weighted by Crippen LogP contribution is 2.61. The van der Waals surface area contributed by atoms with Crippen LogP contribution in [0, 0.1) is 29.1 Å². The van der Waals surface area contributed by atoms with E-state index in [1.807, 2.05) is 0 Å². The number of hydrogen-bond acceptors (Lipinski definition) is 1. The first-order chi connectivity index (χ1) is 10.2. The second kappa shape index (κ2) is 4.21. The van der Waals surface area contributed by atoms with Crippen LogP contribution in [0.1, 0.15) is 49.7 Å². The van der Waals surface area contributed by atoms with Crippen molar-refractivity contribution >= 4 is 5.78 Å². The van der Waals surface area contributed by atoms with Gasteiger partial charge in [-0.25, -0.2) is 0 Å². The van der Waals surface area contributed by atoms with Gasteiger partial charge in [-0.3, -0.25) is 4.79 Å². The average Bonchev–Trinajstić information content (AvgIpc) is 2.88. The van der Waals surface area contributed by atoms with Crippen LogP contribution in [0.2, 0.25) is 0 Å². The summed E-state index contributed by atoms with van der Waals surface area (Å²) in [5.41, 5.74) is 2.96. The van der Waals surface area contributed by atoms with Gasteiger partial charge in [-0.05, 0) is 80.2 Å². The molecular formula is C20H24O. The molecular weight excluding hydrogens is 256 g/mol. The van der Waals surface area contributed by atoms with Gasteiger partial charge < -0.3 is 0 Å². The molecule has 110 valence electrons. The van der Waals surface area contributed by atoms with Crippen molar-refractivity contribution in [1.82, 2.24) is 0 Å². The van der Waals surface area contributed by atoms with Crippen LogP contribution in [-0.2, 0) is 17.6 Å². The van der Waals surface area contributed by atoms with Crippen molar-refractivity contribution in [3.8, 4) is 0 Å². The van der Waals surface area contributed by atoms with Crippen LogP contribution in [-0.4, -0.2) is 5.78 Å². The van der Waals surface area contributed by atoms with Crippen molar-refractivity contribution in [1.29, 1.82) is 0 Å². The van der Waals surface area contributed by atoms with Crippen LogP contribution in [0.3, 0.4) is 0 Å². The maximum Gasteiger partial charge on any atom is 0.142 e. The molecule has 6 rings (SSSR count). The van der Waals surface area contributed by atoms with E-state index in [2.05, 4.69) is 24.3 Å². The SMILES string of the molecule is O=C(C1Cc2ccccc2C1)C12CC3CC(CC(C3)C1)C2. The predicted molar refractivity (Wildman–Crippen MR) is 83.0 cm³/mol. The quantitative estimate of drug-likeness (QED) is 0.794. The van der Waals surface area contributed by atoms with Gasteiger partial charge in [0.2, 0.25) is 0 Å². The zero-order valence-corrected chi connectivity index (χ0v) is 12.7. The molecule has 4 fully saturated rings. The van der Waals surface area contributed by atoms with Gasteiger partial charge >= 0.3 is 0 Å². The predicted octanol–water partition coefficient (Wildman–Crippen LogP) is 4.19. The lowest BCUT2D eigenvalue weighted by molar-refractivity contribution is -0.147. The fraction of sp³-hybridized carbons (Fsp3) is 0.650. The Morgan fingerprint density at radius 1 is 0.857 bits per heavy atom. The van der Waals surface area contributed by atoms with Gasteiger partial charge in [0.05, 0.1) is 0 Å². The second-order valence-electron chi connectivity index (χ2n) is 8.44. The fourth-order valence-electron chi connectivity index (χ4n) is 6.59. The molecule has 0 amide bonds. The van der Waals surface area contributed by atoms with E-state index in [4.69, 9.17) is 0 Å². The number of carbonyl (C=O) groups is 1. The van der Waals surface area contributed by atoms with Crippen LogP contribution in [0.15, 0.2) is 24.3 Å². The number of hydrogen-bond donors (Lipinski definition) is 0. The van der Waals surface area contributed by atoms with Crippen LogP contribution in [0.5, 0.6) is 0 Å². The Kier molecular flexibility index (Phi) is 2.49. The molecule has 0 saturated heterocycles. The van der Waals surface area contributed by atoms with Gasteiger partial charge in [-0.1, -0.05) is 24.3 Å². The topological polar surface area (TPSA) is 17.1 Å². The van der Waals surface area contributed by atoms with Gasteiger partial charge in [0.1, 0.15) is 5.78 Å². The molecule has 0 radical (unpaired) electrons. The molecule has 4 bridgehead atoms. The third-order valence-electron chi connectivity index (χ3n) is 6.98. The highest BCUT2D eigenvalue weighted by atomic mass is 16.1. The molecule has 0 unspecified atom stereocenters. The van der Waals surface area contributed by atoms with Gasteiger partial charge in [0.15, 0.2) is 0 Å². The van der Waals surface area contributed by atoms with E-state index in [-0.39, 0.29) is 5.41 Å². The summed E-state index contributed by atoms with van der Waals surface area (Å²) in [5.74, 6) is 3.58. The van der Waals surface area contributed by atoms with Gasteiger partial charge in [-0.15, -0.1) is 0 Å². The lowest BCUT2D eigenvalue weighted by Crippen LogP contribution is -2.51. The summed E-state index contributed by atoms with van der Waals surface area (Å²) < 4.78 is 0. The molecule has 0 N–H and O–H groups in total. The van der Waals surface area contributed by atoms with Crippen molar-refractivity contribution < 1.29 is 4.79 Å². The first-order valence-corrected chi connectivity index (χ1v) is 8.83. The fourth-order valence-corrected chi connectivity index (χ4v) is 6.59. The molecule has 0 aliphatic heterocycles. The minimum Gasteiger partial charge on any atom is -0.299 e. The molecule has 1 heteroatoms. The smallest absolute Gasteiger partial charge is 0.142 e. The van der Waals surface area contributed by atoms with E-state index in [9.17, 15) is 4.79 Å². The number of carbonyl (C=O) groups excluding carboxylic acids is 1. The van der Waals surface area contributed by atoms with E-state index in [0.717, 1.165) is 30.6 Å². The Morgan fingerprint density at radius 2 is 1.33 bits per heavy atom. The lowest BCUT2D eigenvalue weighted by Gasteiger charge is -2.56. The normalized spacial score (nSPS) is 40.5. The van der Waals surface area contributed by atoms with Crippen molar-refractivity contribution in [2.45, 2.75) is 51.4 Å². The lowest BCUT2D eigenvalue weighted by atomic mass is 9.47. The maximum absolute atomic E-state index is 13.4. The summed E-state index contributed by atoms with van der Waals surface area (Å²) >= 11 is 0. The van der Waals surface area contributed by atoms with E-state index < -0.39 is 0 Å². The van der Waals surface area contributed by atoms with Crippen molar-refractivity contribution in [2.75, 3.05) is 0 Å². The van der Waals surface area contributed by atoms with Crippen LogP contribution < -0.4 is 0 Å². The molecule has 0 atom stereocenters. The van der Waals surface area contributed by atoms with Crippen LogP contribution >= 0.6 is 0 Å². The second-order valence-corrected chi connectivity index (χ2v) is 8.44. The van der Waals surface area contributed by atoms with Gasteiger partial charge in [-0.2, -0.15) is 0 Å². The minimum absolute atomic E-state index is 0.0987. The van der Waals surface area contributed by atoms with Gasteiger partial charge in [0, 0.05) is 11.3 Å². The van der Waals surface area contributed by atoms with Crippen molar-refractivity contribution in [3.63, 3.8) is 0 Å². The standard InChI is InChI=1S/C20H24O/c21-19(18-8-16-3-1-2-4-17(16)9-18)20-10-13-5-14(11-20)7-15(6-13)12-20/h1-4,13-15,18H,5-12H2. The Balaban J connectivity index is 1.43. The molecule has 4 saturated carbocycles. The van der Waals surface area contributed by atoms with Crippen molar-refractivity contribution in [2.24, 2.45) is 29.1 Å². The molecule has 0 spiro atoms. The molecule has 0 aromatic heterocycles. The molecule has 1 aromatic carbocycles. The highest BCUT2D eigenvalue weighted by Gasteiger charge is 2.55. The van der Waals surface area contributed by atoms with Crippen LogP contribution in [0.4, 0.5) is 0 Å². The molecule has 5 aliphatic carbocycles. The zero-order valence-electron chi connectivity index (χ0n) is 12.7. The number of fused-ring (bicyclic) bond motifs is 1. The number of benzene rings is 1. The van der Waals surface area contributed by atoms with E-state index in [0.29, 0.717) is 11.7 Å². The molecule has 1 aromatic rings. The summed E-state index contributed by atoms with van der Waals surface area (Å²) in [5, 5.41) is 0. The largest absolute Gasteiger partial charge is 0.299 e. The molecule has 1 nitrogen and oxygen atoms in total. The third-order valence-corrected chi connectivity index (χ3v) is 6.98. The minimum atomic E-state index is 0.0987.